The van der Waals surface area contributed by atoms with Crippen molar-refractivity contribution in [1.29, 1.82) is 0 Å². The van der Waals surface area contributed by atoms with E-state index in [1.165, 1.54) is 17.5 Å². The highest BCUT2D eigenvalue weighted by molar-refractivity contribution is 5.26. The molecule has 0 aliphatic heterocycles. The first kappa shape index (κ1) is 18.8. The average molecular weight is 323 g/mol. The van der Waals surface area contributed by atoms with E-state index in [4.69, 9.17) is 0 Å². The molecule has 0 spiro atoms. The molecular weight excluding hydrogens is 288 g/mol. The third-order valence-electron chi connectivity index (χ3n) is 5.13. The van der Waals surface area contributed by atoms with E-state index in [-0.39, 0.29) is 10.8 Å². The lowest BCUT2D eigenvalue weighted by Gasteiger charge is -2.46. The first-order valence-corrected chi connectivity index (χ1v) is 9.31. The zero-order chi connectivity index (χ0) is 17.8. The zero-order valence-electron chi connectivity index (χ0n) is 16.3. The lowest BCUT2D eigenvalue weighted by atomic mass is 9.58. The molecule has 1 unspecified atom stereocenters. The summed E-state index contributed by atoms with van der Waals surface area (Å²) in [6, 6.07) is 22.1. The van der Waals surface area contributed by atoms with Gasteiger partial charge in [0, 0.05) is 0 Å². The Morgan fingerprint density at radius 1 is 0.708 bits per heavy atom. The minimum absolute atomic E-state index is 0.196. The van der Waals surface area contributed by atoms with Crippen LogP contribution in [0.25, 0.3) is 0 Å². The van der Waals surface area contributed by atoms with Gasteiger partial charge in [-0.15, -0.1) is 0 Å². The van der Waals surface area contributed by atoms with Gasteiger partial charge < -0.3 is 0 Å². The van der Waals surface area contributed by atoms with Gasteiger partial charge in [0.25, 0.3) is 0 Å². The molecule has 0 aromatic heterocycles. The second-order valence-corrected chi connectivity index (χ2v) is 9.08. The predicted molar refractivity (Wildman–Crippen MR) is 106 cm³/mol. The van der Waals surface area contributed by atoms with Crippen LogP contribution in [0.15, 0.2) is 60.7 Å². The Balaban J connectivity index is 2.41. The summed E-state index contributed by atoms with van der Waals surface area (Å²) < 4.78 is 0. The molecule has 0 radical (unpaired) electrons. The molecule has 1 atom stereocenters. The van der Waals surface area contributed by atoms with E-state index < -0.39 is 0 Å². The number of hydrogen-bond donors (Lipinski definition) is 0. The standard InChI is InChI=1S/C24H34/c1-19(2)17-23(3,4)22(21-15-11-8-12-16-21)24(5,6)18-20-13-9-7-10-14-20/h7-16,19,22H,17-18H2,1-6H3. The van der Waals surface area contributed by atoms with Gasteiger partial charge in [-0.1, -0.05) is 102 Å². The van der Waals surface area contributed by atoms with Crippen molar-refractivity contribution >= 4 is 0 Å². The highest BCUT2D eigenvalue weighted by Crippen LogP contribution is 2.51. The second kappa shape index (κ2) is 7.55. The van der Waals surface area contributed by atoms with E-state index in [1.807, 2.05) is 0 Å². The zero-order valence-corrected chi connectivity index (χ0v) is 16.3. The van der Waals surface area contributed by atoms with Crippen molar-refractivity contribution in [1.82, 2.24) is 0 Å². The monoisotopic (exact) mass is 322 g/mol. The molecule has 2 aromatic carbocycles. The molecule has 0 nitrogen and oxygen atoms in total. The highest BCUT2D eigenvalue weighted by Gasteiger charge is 2.41. The number of benzene rings is 2. The fourth-order valence-electron chi connectivity index (χ4n) is 5.00. The van der Waals surface area contributed by atoms with E-state index in [0.29, 0.717) is 11.8 Å². The van der Waals surface area contributed by atoms with Gasteiger partial charge in [-0.3, -0.25) is 0 Å². The summed E-state index contributed by atoms with van der Waals surface area (Å²) >= 11 is 0. The van der Waals surface area contributed by atoms with Crippen molar-refractivity contribution in [3.63, 3.8) is 0 Å². The Hall–Kier alpha value is -1.56. The van der Waals surface area contributed by atoms with Crippen LogP contribution in [0.1, 0.15) is 65.0 Å². The molecule has 0 N–H and O–H groups in total. The summed E-state index contributed by atoms with van der Waals surface area (Å²) in [5.74, 6) is 1.23. The molecule has 0 fully saturated rings. The Morgan fingerprint density at radius 2 is 1.21 bits per heavy atom. The molecular formula is C24H34. The predicted octanol–water partition coefficient (Wildman–Crippen LogP) is 7.11. The Morgan fingerprint density at radius 3 is 1.71 bits per heavy atom. The summed E-state index contributed by atoms with van der Waals surface area (Å²) in [5, 5.41) is 0. The maximum atomic E-state index is 2.46. The van der Waals surface area contributed by atoms with Crippen LogP contribution in [0.2, 0.25) is 0 Å². The van der Waals surface area contributed by atoms with Crippen molar-refractivity contribution < 1.29 is 0 Å². The largest absolute Gasteiger partial charge is 0.0628 e. The molecule has 0 heterocycles. The van der Waals surface area contributed by atoms with E-state index in [0.717, 1.165) is 6.42 Å². The van der Waals surface area contributed by atoms with E-state index in [9.17, 15) is 0 Å². The highest BCUT2D eigenvalue weighted by atomic mass is 14.5. The van der Waals surface area contributed by atoms with Gasteiger partial charge in [0.05, 0.1) is 0 Å². The Kier molecular flexibility index (Phi) is 5.91. The lowest BCUT2D eigenvalue weighted by Crippen LogP contribution is -2.36. The molecule has 2 aromatic rings. The van der Waals surface area contributed by atoms with E-state index in [2.05, 4.69) is 102 Å². The van der Waals surface area contributed by atoms with Crippen molar-refractivity contribution in [2.75, 3.05) is 0 Å². The summed E-state index contributed by atoms with van der Waals surface area (Å²) in [4.78, 5) is 0. The van der Waals surface area contributed by atoms with Gasteiger partial charge in [0.15, 0.2) is 0 Å². The minimum Gasteiger partial charge on any atom is -0.0628 e. The lowest BCUT2D eigenvalue weighted by molar-refractivity contribution is 0.117. The quantitative estimate of drug-likeness (QED) is 0.509. The molecule has 0 amide bonds. The van der Waals surface area contributed by atoms with Crippen LogP contribution in [-0.2, 0) is 6.42 Å². The van der Waals surface area contributed by atoms with Crippen molar-refractivity contribution in [3.05, 3.63) is 71.8 Å². The van der Waals surface area contributed by atoms with Crippen LogP contribution >= 0.6 is 0 Å². The summed E-state index contributed by atoms with van der Waals surface area (Å²) in [5.41, 5.74) is 3.36. The third-order valence-corrected chi connectivity index (χ3v) is 5.13. The van der Waals surface area contributed by atoms with Crippen LogP contribution in [0.4, 0.5) is 0 Å². The van der Waals surface area contributed by atoms with Gasteiger partial charge in [-0.05, 0) is 46.6 Å². The number of hydrogen-bond acceptors (Lipinski definition) is 0. The first-order valence-electron chi connectivity index (χ1n) is 9.31. The smallest absolute Gasteiger partial charge is 0.00560 e. The fraction of sp³-hybridized carbons (Fsp3) is 0.500. The van der Waals surface area contributed by atoms with Gasteiger partial charge in [-0.25, -0.2) is 0 Å². The summed E-state index contributed by atoms with van der Waals surface area (Å²) in [6.07, 6.45) is 2.35. The van der Waals surface area contributed by atoms with Crippen molar-refractivity contribution in [2.24, 2.45) is 16.7 Å². The van der Waals surface area contributed by atoms with Crippen molar-refractivity contribution in [2.45, 2.75) is 60.3 Å². The Bertz CT molecular complexity index is 605. The van der Waals surface area contributed by atoms with E-state index in [1.54, 1.807) is 0 Å². The Labute approximate surface area is 149 Å². The molecule has 0 aliphatic carbocycles. The topological polar surface area (TPSA) is 0 Å². The van der Waals surface area contributed by atoms with Gasteiger partial charge >= 0.3 is 0 Å². The van der Waals surface area contributed by atoms with Crippen LogP contribution in [0, 0.1) is 16.7 Å². The van der Waals surface area contributed by atoms with Crippen LogP contribution in [0.3, 0.4) is 0 Å². The minimum atomic E-state index is 0.196. The number of rotatable bonds is 7. The maximum Gasteiger partial charge on any atom is -0.00560 e. The average Bonchev–Trinajstić information content (AvgIpc) is 2.46. The molecule has 24 heavy (non-hydrogen) atoms. The molecule has 130 valence electrons. The molecule has 0 heteroatoms. The summed E-state index contributed by atoms with van der Waals surface area (Å²) in [7, 11) is 0. The molecule has 0 saturated carbocycles. The fourth-order valence-corrected chi connectivity index (χ4v) is 5.00. The molecule has 0 aliphatic rings. The van der Waals surface area contributed by atoms with E-state index >= 15 is 0 Å². The van der Waals surface area contributed by atoms with Crippen LogP contribution in [0.5, 0.6) is 0 Å². The maximum absolute atomic E-state index is 2.46. The SMILES string of the molecule is CC(C)CC(C)(C)C(c1ccccc1)C(C)(C)Cc1ccccc1. The van der Waals surface area contributed by atoms with Crippen LogP contribution in [-0.4, -0.2) is 0 Å². The van der Waals surface area contributed by atoms with Gasteiger partial charge in [0.2, 0.25) is 0 Å². The van der Waals surface area contributed by atoms with Crippen molar-refractivity contribution in [3.8, 4) is 0 Å². The summed E-state index contributed by atoms with van der Waals surface area (Å²) in [6.45, 7) is 14.5. The first-order chi connectivity index (χ1) is 11.2. The second-order valence-electron chi connectivity index (χ2n) is 9.08. The molecule has 2 rings (SSSR count). The third kappa shape index (κ3) is 4.72. The van der Waals surface area contributed by atoms with Gasteiger partial charge in [0.1, 0.15) is 0 Å². The normalized spacial score (nSPS) is 14.0. The van der Waals surface area contributed by atoms with Gasteiger partial charge in [-0.2, -0.15) is 0 Å². The van der Waals surface area contributed by atoms with Crippen LogP contribution < -0.4 is 0 Å². The molecule has 0 saturated heterocycles. The molecule has 0 bridgehead atoms.